The summed E-state index contributed by atoms with van der Waals surface area (Å²) in [6.07, 6.45) is 0.220. The Morgan fingerprint density at radius 1 is 1.32 bits per heavy atom. The monoisotopic (exact) mass is 375 g/mol. The molecule has 130 valence electrons. The van der Waals surface area contributed by atoms with Gasteiger partial charge in [0, 0.05) is 29.4 Å². The van der Waals surface area contributed by atoms with Crippen molar-refractivity contribution < 1.29 is 9.53 Å². The summed E-state index contributed by atoms with van der Waals surface area (Å²) in [5.41, 5.74) is 4.08. The Labute approximate surface area is 152 Å². The van der Waals surface area contributed by atoms with Crippen LogP contribution in [-0.4, -0.2) is 15.5 Å². The Bertz CT molecular complexity index is 900. The zero-order valence-corrected chi connectivity index (χ0v) is 15.2. The first kappa shape index (κ1) is 17.4. The van der Waals surface area contributed by atoms with Crippen molar-refractivity contribution in [2.45, 2.75) is 26.5 Å². The quantitative estimate of drug-likeness (QED) is 0.688. The van der Waals surface area contributed by atoms with Crippen molar-refractivity contribution in [2.24, 2.45) is 0 Å². The maximum Gasteiger partial charge on any atom is 0.307 e. The molecule has 6 nitrogen and oxygen atoms in total. The maximum atomic E-state index is 12.2. The van der Waals surface area contributed by atoms with Crippen LogP contribution >= 0.6 is 22.7 Å². The van der Waals surface area contributed by atoms with Crippen LogP contribution in [0.2, 0.25) is 0 Å². The van der Waals surface area contributed by atoms with Crippen LogP contribution in [0.4, 0.5) is 5.69 Å². The van der Waals surface area contributed by atoms with Crippen molar-refractivity contribution in [1.29, 1.82) is 0 Å². The Balaban J connectivity index is 1.60. The van der Waals surface area contributed by atoms with Crippen molar-refractivity contribution in [2.75, 3.05) is 5.32 Å². The summed E-state index contributed by atoms with van der Waals surface area (Å²) >= 11 is 2.65. The van der Waals surface area contributed by atoms with Crippen molar-refractivity contribution in [3.63, 3.8) is 0 Å². The number of rotatable bonds is 7. The molecule has 25 heavy (non-hydrogen) atoms. The molecular formula is C17H17N3O3S2. The molecule has 2 heterocycles. The molecule has 0 bridgehead atoms. The van der Waals surface area contributed by atoms with E-state index in [1.54, 1.807) is 27.6 Å². The Morgan fingerprint density at radius 2 is 2.16 bits per heavy atom. The molecule has 0 aliphatic heterocycles. The molecule has 0 saturated carbocycles. The smallest absolute Gasteiger partial charge is 0.307 e. The lowest BCUT2D eigenvalue weighted by atomic mass is 10.2. The number of anilines is 1. The van der Waals surface area contributed by atoms with Gasteiger partial charge in [0.15, 0.2) is 0 Å². The van der Waals surface area contributed by atoms with Gasteiger partial charge in [-0.05, 0) is 19.1 Å². The van der Waals surface area contributed by atoms with Gasteiger partial charge >= 0.3 is 4.87 Å². The first-order valence-corrected chi connectivity index (χ1v) is 9.49. The third-order valence-electron chi connectivity index (χ3n) is 3.56. The minimum absolute atomic E-state index is 0.0442. The van der Waals surface area contributed by atoms with Gasteiger partial charge < -0.3 is 14.6 Å². The predicted octanol–water partition coefficient (Wildman–Crippen LogP) is 3.28. The Hall–Kier alpha value is -2.45. The lowest BCUT2D eigenvalue weighted by Crippen LogP contribution is -2.20. The highest BCUT2D eigenvalue weighted by atomic mass is 32.1. The molecule has 0 aliphatic carbocycles. The molecule has 0 radical (unpaired) electrons. The van der Waals surface area contributed by atoms with Gasteiger partial charge in [-0.3, -0.25) is 9.59 Å². The van der Waals surface area contributed by atoms with E-state index in [1.807, 2.05) is 24.4 Å². The van der Waals surface area contributed by atoms with Gasteiger partial charge in [-0.1, -0.05) is 23.5 Å². The Morgan fingerprint density at radius 3 is 2.88 bits per heavy atom. The number of carbonyl (C=O) groups excluding carboxylic acids is 1. The lowest BCUT2D eigenvalue weighted by molar-refractivity contribution is -0.116. The lowest BCUT2D eigenvalue weighted by Gasteiger charge is -2.12. The molecule has 0 aliphatic rings. The van der Waals surface area contributed by atoms with E-state index >= 15 is 0 Å². The van der Waals surface area contributed by atoms with Crippen LogP contribution in [0.3, 0.4) is 0 Å². The van der Waals surface area contributed by atoms with Gasteiger partial charge in [0.1, 0.15) is 12.4 Å². The molecule has 0 atom stereocenters. The number of amides is 1. The van der Waals surface area contributed by atoms with Gasteiger partial charge in [-0.25, -0.2) is 4.98 Å². The second kappa shape index (κ2) is 8.09. The van der Waals surface area contributed by atoms with E-state index in [9.17, 15) is 9.59 Å². The number of carbonyl (C=O) groups is 1. The third-order valence-corrected chi connectivity index (χ3v) is 5.08. The molecule has 3 rings (SSSR count). The highest BCUT2D eigenvalue weighted by molar-refractivity contribution is 7.07. The number of aryl methyl sites for hydroxylation is 1. The summed E-state index contributed by atoms with van der Waals surface area (Å²) < 4.78 is 7.35. The van der Waals surface area contributed by atoms with Crippen molar-refractivity contribution >= 4 is 34.3 Å². The highest BCUT2D eigenvalue weighted by Gasteiger charge is 2.10. The van der Waals surface area contributed by atoms with Crippen LogP contribution in [0.25, 0.3) is 0 Å². The molecule has 2 aromatic heterocycles. The minimum Gasteiger partial charge on any atom is -0.485 e. The molecule has 0 spiro atoms. The molecule has 0 unspecified atom stereocenters. The van der Waals surface area contributed by atoms with Crippen LogP contribution < -0.4 is 14.9 Å². The molecule has 0 fully saturated rings. The van der Waals surface area contributed by atoms with Crippen molar-refractivity contribution in [3.8, 4) is 5.75 Å². The number of hydrogen-bond acceptors (Lipinski definition) is 6. The van der Waals surface area contributed by atoms with Crippen LogP contribution in [0, 0.1) is 6.92 Å². The van der Waals surface area contributed by atoms with Crippen molar-refractivity contribution in [1.82, 2.24) is 9.55 Å². The average Bonchev–Trinajstić information content (AvgIpc) is 3.23. The predicted molar refractivity (Wildman–Crippen MR) is 99.5 cm³/mol. The average molecular weight is 375 g/mol. The molecule has 1 N–H and O–H groups in total. The largest absolute Gasteiger partial charge is 0.485 e. The summed E-state index contributed by atoms with van der Waals surface area (Å²) in [6, 6.07) is 7.27. The van der Waals surface area contributed by atoms with E-state index < -0.39 is 0 Å². The van der Waals surface area contributed by atoms with Crippen molar-refractivity contribution in [3.05, 3.63) is 61.6 Å². The number of benzene rings is 1. The molecule has 3 aromatic rings. The standard InChI is InChI=1S/C17H17N3O3S2/c1-12-9-25-17(22)20(12)7-6-16(21)19-14-4-2-3-5-15(14)23-8-13-10-24-11-18-13/h2-5,9-11H,6-8H2,1H3,(H,19,21). The summed E-state index contributed by atoms with van der Waals surface area (Å²) in [4.78, 5) is 28.0. The minimum atomic E-state index is -0.165. The van der Waals surface area contributed by atoms with Crippen LogP contribution in [0.1, 0.15) is 17.8 Å². The molecule has 8 heteroatoms. The van der Waals surface area contributed by atoms with E-state index in [2.05, 4.69) is 10.3 Å². The van der Waals surface area contributed by atoms with Gasteiger partial charge in [0.05, 0.1) is 16.9 Å². The molecule has 1 amide bonds. The number of nitrogens with zero attached hydrogens (tertiary/aromatic N) is 2. The normalized spacial score (nSPS) is 10.6. The fraction of sp³-hybridized carbons (Fsp3) is 0.235. The number of hydrogen-bond donors (Lipinski definition) is 1. The van der Waals surface area contributed by atoms with E-state index in [0.717, 1.165) is 22.7 Å². The zero-order valence-electron chi connectivity index (χ0n) is 13.6. The SMILES string of the molecule is Cc1csc(=O)n1CCC(=O)Nc1ccccc1OCc1cscn1. The number of thiazole rings is 2. The Kier molecular flexibility index (Phi) is 5.62. The summed E-state index contributed by atoms with van der Waals surface area (Å²) in [5, 5.41) is 6.56. The van der Waals surface area contributed by atoms with Crippen LogP contribution in [-0.2, 0) is 17.9 Å². The van der Waals surface area contributed by atoms with Gasteiger partial charge in [-0.15, -0.1) is 11.3 Å². The number of para-hydroxylation sites is 2. The summed E-state index contributed by atoms with van der Waals surface area (Å²) in [5.74, 6) is 0.426. The topological polar surface area (TPSA) is 73.2 Å². The third kappa shape index (κ3) is 4.55. The van der Waals surface area contributed by atoms with E-state index in [4.69, 9.17) is 4.74 Å². The molecule has 0 saturated heterocycles. The van der Waals surface area contributed by atoms with Gasteiger partial charge in [0.2, 0.25) is 5.91 Å². The van der Waals surface area contributed by atoms with Crippen LogP contribution in [0.5, 0.6) is 5.75 Å². The molecule has 1 aromatic carbocycles. The summed E-state index contributed by atoms with van der Waals surface area (Å²) in [6.45, 7) is 2.57. The number of aromatic nitrogens is 2. The first-order chi connectivity index (χ1) is 12.1. The fourth-order valence-corrected chi connectivity index (χ4v) is 3.56. The number of ether oxygens (including phenoxy) is 1. The van der Waals surface area contributed by atoms with E-state index in [-0.39, 0.29) is 17.2 Å². The zero-order chi connectivity index (χ0) is 17.6. The fourth-order valence-electron chi connectivity index (χ4n) is 2.26. The highest BCUT2D eigenvalue weighted by Crippen LogP contribution is 2.25. The first-order valence-electron chi connectivity index (χ1n) is 7.67. The van der Waals surface area contributed by atoms with E-state index in [0.29, 0.717) is 24.6 Å². The molecular weight excluding hydrogens is 358 g/mol. The second-order valence-electron chi connectivity index (χ2n) is 5.36. The summed E-state index contributed by atoms with van der Waals surface area (Å²) in [7, 11) is 0. The van der Waals surface area contributed by atoms with Crippen LogP contribution in [0.15, 0.2) is 45.3 Å². The number of nitrogens with one attached hydrogen (secondary N) is 1. The second-order valence-corrected chi connectivity index (χ2v) is 6.90. The van der Waals surface area contributed by atoms with Gasteiger partial charge in [0.25, 0.3) is 0 Å². The maximum absolute atomic E-state index is 12.2. The van der Waals surface area contributed by atoms with Gasteiger partial charge in [-0.2, -0.15) is 0 Å². The van der Waals surface area contributed by atoms with E-state index in [1.165, 1.54) is 11.3 Å².